The summed E-state index contributed by atoms with van der Waals surface area (Å²) in [4.78, 5) is 11.4. The monoisotopic (exact) mass is 252 g/mol. The maximum Gasteiger partial charge on any atom is 0.310 e. The minimum absolute atomic E-state index is 0.223. The number of carbonyl (C=O) groups excluding carboxylic acids is 1. The van der Waals surface area contributed by atoms with Gasteiger partial charge in [0.2, 0.25) is 0 Å². The van der Waals surface area contributed by atoms with E-state index in [1.54, 1.807) is 25.1 Å². The molecule has 0 saturated heterocycles. The van der Waals surface area contributed by atoms with E-state index in [0.717, 1.165) is 11.1 Å². The van der Waals surface area contributed by atoms with Gasteiger partial charge < -0.3 is 9.84 Å². The molecule has 0 aliphatic carbocycles. The van der Waals surface area contributed by atoms with Gasteiger partial charge in [-0.2, -0.15) is 0 Å². The summed E-state index contributed by atoms with van der Waals surface area (Å²) in [6.07, 6.45) is 0.258. The average Bonchev–Trinajstić information content (AvgIpc) is 2.34. The van der Waals surface area contributed by atoms with Crippen molar-refractivity contribution < 1.29 is 14.6 Å². The molecule has 0 bridgehead atoms. The number of hydrogen-bond donors (Lipinski definition) is 1. The van der Waals surface area contributed by atoms with Gasteiger partial charge in [-0.1, -0.05) is 39.8 Å². The van der Waals surface area contributed by atoms with Crippen molar-refractivity contribution in [2.75, 3.05) is 6.61 Å². The third-order valence-electron chi connectivity index (χ3n) is 2.19. The summed E-state index contributed by atoms with van der Waals surface area (Å²) in [5.41, 5.74) is 1.64. The van der Waals surface area contributed by atoms with Crippen LogP contribution in [0.25, 0.3) is 0 Å². The van der Waals surface area contributed by atoms with E-state index >= 15 is 0 Å². The molecule has 0 amide bonds. The van der Waals surface area contributed by atoms with Gasteiger partial charge in [-0.05, 0) is 30.0 Å². The number of esters is 1. The number of aryl methyl sites for hydroxylation is 1. The lowest BCUT2D eigenvalue weighted by Gasteiger charge is -2.07. The van der Waals surface area contributed by atoms with Crippen molar-refractivity contribution in [3.8, 4) is 5.75 Å². The van der Waals surface area contributed by atoms with Crippen molar-refractivity contribution in [3.63, 3.8) is 0 Å². The fraction of sp³-hybridized carbons (Fsp3) is 0.533. The first-order valence-corrected chi connectivity index (χ1v) is 6.43. The lowest BCUT2D eigenvalue weighted by molar-refractivity contribution is -0.143. The lowest BCUT2D eigenvalue weighted by Crippen LogP contribution is -2.12. The molecule has 0 aliphatic rings. The van der Waals surface area contributed by atoms with E-state index in [2.05, 4.69) is 0 Å². The summed E-state index contributed by atoms with van der Waals surface area (Å²) in [7, 11) is 0. The van der Waals surface area contributed by atoms with E-state index in [1.165, 1.54) is 0 Å². The van der Waals surface area contributed by atoms with Crippen LogP contribution in [0.15, 0.2) is 18.2 Å². The summed E-state index contributed by atoms with van der Waals surface area (Å²) in [6.45, 7) is 10.3. The lowest BCUT2D eigenvalue weighted by atomic mass is 10.1. The molecule has 0 aromatic heterocycles. The largest absolute Gasteiger partial charge is 0.508 e. The number of rotatable bonds is 4. The zero-order chi connectivity index (χ0) is 14.1. The Morgan fingerprint density at radius 1 is 1.33 bits per heavy atom. The van der Waals surface area contributed by atoms with Crippen LogP contribution >= 0.6 is 0 Å². The van der Waals surface area contributed by atoms with Gasteiger partial charge in [-0.15, -0.1) is 0 Å². The first kappa shape index (κ1) is 16.5. The van der Waals surface area contributed by atoms with Gasteiger partial charge in [0.1, 0.15) is 5.75 Å². The Labute approximate surface area is 110 Å². The van der Waals surface area contributed by atoms with Gasteiger partial charge >= 0.3 is 5.97 Å². The number of phenolic OH excluding ortho intramolecular Hbond substituents is 1. The van der Waals surface area contributed by atoms with Crippen LogP contribution in [0.1, 0.15) is 38.8 Å². The van der Waals surface area contributed by atoms with E-state index in [-0.39, 0.29) is 18.1 Å². The van der Waals surface area contributed by atoms with Crippen LogP contribution in [0.5, 0.6) is 5.75 Å². The number of ether oxygens (including phenoxy) is 1. The number of hydrogen-bond acceptors (Lipinski definition) is 3. The van der Waals surface area contributed by atoms with E-state index in [4.69, 9.17) is 4.74 Å². The predicted octanol–water partition coefficient (Wildman–Crippen LogP) is 3.47. The van der Waals surface area contributed by atoms with Crippen LogP contribution in [0.4, 0.5) is 0 Å². The second-order valence-corrected chi connectivity index (χ2v) is 4.37. The van der Waals surface area contributed by atoms with Crippen LogP contribution < -0.4 is 0 Å². The summed E-state index contributed by atoms with van der Waals surface area (Å²) in [5.74, 6) is 0.378. The molecular weight excluding hydrogens is 228 g/mol. The van der Waals surface area contributed by atoms with E-state index in [9.17, 15) is 9.90 Å². The van der Waals surface area contributed by atoms with Crippen LogP contribution in [-0.2, 0) is 16.0 Å². The van der Waals surface area contributed by atoms with Crippen molar-refractivity contribution in [1.82, 2.24) is 0 Å². The van der Waals surface area contributed by atoms with Crippen molar-refractivity contribution in [3.05, 3.63) is 29.3 Å². The highest BCUT2D eigenvalue weighted by molar-refractivity contribution is 5.72. The Balaban J connectivity index is 0.00000137. The molecule has 1 aromatic rings. The first-order chi connectivity index (χ1) is 8.49. The molecular formula is C15H24O3. The minimum Gasteiger partial charge on any atom is -0.508 e. The summed E-state index contributed by atoms with van der Waals surface area (Å²) < 4.78 is 5.08. The number of carbonyl (C=O) groups is 1. The van der Waals surface area contributed by atoms with Crippen molar-refractivity contribution >= 4 is 5.97 Å². The first-order valence-electron chi connectivity index (χ1n) is 6.43. The van der Waals surface area contributed by atoms with E-state index in [1.807, 2.05) is 27.7 Å². The highest BCUT2D eigenvalue weighted by atomic mass is 16.5. The van der Waals surface area contributed by atoms with Crippen molar-refractivity contribution in [1.29, 1.82) is 0 Å². The van der Waals surface area contributed by atoms with Crippen LogP contribution in [0, 0.1) is 12.8 Å². The summed E-state index contributed by atoms with van der Waals surface area (Å²) in [5, 5.41) is 9.34. The standard InChI is InChI=1S/C13H18O3.C2H6/c1-9(2)8-16-13(15)7-11-4-5-12(14)10(3)6-11;1-2/h4-6,9,14H,7-8H2,1-3H3;1-2H3. The zero-order valence-electron chi connectivity index (χ0n) is 12.0. The second-order valence-electron chi connectivity index (χ2n) is 4.37. The van der Waals surface area contributed by atoms with Gasteiger partial charge in [-0.25, -0.2) is 0 Å². The fourth-order valence-corrected chi connectivity index (χ4v) is 1.30. The van der Waals surface area contributed by atoms with Crippen molar-refractivity contribution in [2.24, 2.45) is 5.92 Å². The average molecular weight is 252 g/mol. The van der Waals surface area contributed by atoms with Crippen LogP contribution in [0.2, 0.25) is 0 Å². The molecule has 1 rings (SSSR count). The predicted molar refractivity (Wildman–Crippen MR) is 73.7 cm³/mol. The molecule has 0 saturated carbocycles. The maximum absolute atomic E-state index is 11.4. The molecule has 0 radical (unpaired) electrons. The van der Waals surface area contributed by atoms with Gasteiger partial charge in [-0.3, -0.25) is 4.79 Å². The zero-order valence-corrected chi connectivity index (χ0v) is 12.0. The Kier molecular flexibility index (Phi) is 7.84. The molecule has 1 N–H and O–H groups in total. The molecule has 3 nitrogen and oxygen atoms in total. The highest BCUT2D eigenvalue weighted by Crippen LogP contribution is 2.17. The molecule has 1 aromatic carbocycles. The molecule has 18 heavy (non-hydrogen) atoms. The number of phenols is 1. The molecule has 0 unspecified atom stereocenters. The maximum atomic E-state index is 11.4. The van der Waals surface area contributed by atoms with E-state index in [0.29, 0.717) is 12.5 Å². The van der Waals surface area contributed by atoms with Gasteiger partial charge in [0, 0.05) is 0 Å². The Morgan fingerprint density at radius 3 is 2.44 bits per heavy atom. The molecule has 3 heteroatoms. The van der Waals surface area contributed by atoms with E-state index < -0.39 is 0 Å². The number of benzene rings is 1. The van der Waals surface area contributed by atoms with Crippen LogP contribution in [-0.4, -0.2) is 17.7 Å². The molecule has 0 atom stereocenters. The normalized spacial score (nSPS) is 9.67. The SMILES string of the molecule is CC.Cc1cc(CC(=O)OCC(C)C)ccc1O. The van der Waals surface area contributed by atoms with Crippen molar-refractivity contribution in [2.45, 2.75) is 41.0 Å². The Hall–Kier alpha value is -1.51. The summed E-state index contributed by atoms with van der Waals surface area (Å²) >= 11 is 0. The molecule has 0 spiro atoms. The van der Waals surface area contributed by atoms with Crippen LogP contribution in [0.3, 0.4) is 0 Å². The third kappa shape index (κ3) is 6.28. The smallest absolute Gasteiger partial charge is 0.310 e. The topological polar surface area (TPSA) is 46.5 Å². The Morgan fingerprint density at radius 2 is 1.94 bits per heavy atom. The quantitative estimate of drug-likeness (QED) is 0.835. The Bertz CT molecular complexity index is 370. The van der Waals surface area contributed by atoms with Gasteiger partial charge in [0.25, 0.3) is 0 Å². The minimum atomic E-state index is -0.223. The summed E-state index contributed by atoms with van der Waals surface area (Å²) in [6, 6.07) is 5.13. The molecule has 0 fully saturated rings. The molecule has 0 aliphatic heterocycles. The number of aromatic hydroxyl groups is 1. The van der Waals surface area contributed by atoms with Gasteiger partial charge in [0.05, 0.1) is 13.0 Å². The molecule has 102 valence electrons. The molecule has 0 heterocycles. The third-order valence-corrected chi connectivity index (χ3v) is 2.19. The van der Waals surface area contributed by atoms with Gasteiger partial charge in [0.15, 0.2) is 0 Å². The second kappa shape index (κ2) is 8.56. The fourth-order valence-electron chi connectivity index (χ4n) is 1.30. The highest BCUT2D eigenvalue weighted by Gasteiger charge is 2.07.